The van der Waals surface area contributed by atoms with E-state index in [1.165, 1.54) is 6.07 Å². The van der Waals surface area contributed by atoms with Gasteiger partial charge in [-0.2, -0.15) is 0 Å². The summed E-state index contributed by atoms with van der Waals surface area (Å²) in [5.41, 5.74) is 0.801. The van der Waals surface area contributed by atoms with E-state index in [0.717, 1.165) is 6.42 Å². The molecule has 0 unspecified atom stereocenters. The fraction of sp³-hybridized carbons (Fsp3) is 0.417. The first-order chi connectivity index (χ1) is 8.68. The Morgan fingerprint density at radius 3 is 2.47 bits per heavy atom. The molecule has 1 aromatic rings. The van der Waals surface area contributed by atoms with E-state index in [-0.39, 0.29) is 10.8 Å². The summed E-state index contributed by atoms with van der Waals surface area (Å²) in [5.74, 6) is -0.229. The number of hydrogen-bond acceptors (Lipinski definition) is 3. The molecule has 0 spiro atoms. The Labute approximate surface area is 122 Å². The van der Waals surface area contributed by atoms with Gasteiger partial charge >= 0.3 is 0 Å². The van der Waals surface area contributed by atoms with Crippen molar-refractivity contribution in [3.63, 3.8) is 0 Å². The third kappa shape index (κ3) is 3.77. The van der Waals surface area contributed by atoms with E-state index in [2.05, 4.69) is 15.9 Å². The monoisotopic (exact) mass is 348 g/mol. The van der Waals surface area contributed by atoms with Gasteiger partial charge in [0.1, 0.15) is 0 Å². The Bertz CT molecular complexity index is 599. The second kappa shape index (κ2) is 6.02. The molecular weight excluding hydrogens is 332 g/mol. The number of rotatable bonds is 4. The van der Waals surface area contributed by atoms with Crippen molar-refractivity contribution in [1.82, 2.24) is 4.90 Å². The first-order valence-electron chi connectivity index (χ1n) is 5.77. The molecular formula is C12H17BrN2O3S. The van der Waals surface area contributed by atoms with E-state index in [0.29, 0.717) is 22.1 Å². The number of nitrogens with zero attached hydrogens (tertiary/aromatic N) is 1. The Kier molecular flexibility index (Phi) is 5.11. The number of benzene rings is 1. The van der Waals surface area contributed by atoms with Gasteiger partial charge in [0.2, 0.25) is 10.0 Å². The van der Waals surface area contributed by atoms with E-state index < -0.39 is 10.0 Å². The standard InChI is InChI=1S/C12H17BrN2O3S/c1-4-5-15(3)12(16)9-6-10(13)8(2)11(7-9)19(14,17)18/h6-7H,4-5H2,1-3H3,(H2,14,17,18). The molecule has 0 fully saturated rings. The third-order valence-corrected chi connectivity index (χ3v) is 4.62. The summed E-state index contributed by atoms with van der Waals surface area (Å²) in [7, 11) is -2.17. The Balaban J connectivity index is 3.33. The molecule has 0 saturated heterocycles. The molecule has 5 nitrogen and oxygen atoms in total. The average Bonchev–Trinajstić information content (AvgIpc) is 2.30. The number of halogens is 1. The molecule has 7 heteroatoms. The van der Waals surface area contributed by atoms with Crippen LogP contribution in [-0.2, 0) is 10.0 Å². The van der Waals surface area contributed by atoms with Crippen molar-refractivity contribution in [2.24, 2.45) is 5.14 Å². The lowest BCUT2D eigenvalue weighted by atomic mass is 10.1. The maximum absolute atomic E-state index is 12.1. The second-order valence-electron chi connectivity index (χ2n) is 4.35. The van der Waals surface area contributed by atoms with Gasteiger partial charge in [0.25, 0.3) is 5.91 Å². The van der Waals surface area contributed by atoms with Crippen molar-refractivity contribution in [3.05, 3.63) is 27.7 Å². The summed E-state index contributed by atoms with van der Waals surface area (Å²) in [4.78, 5) is 13.7. The quantitative estimate of drug-likeness (QED) is 0.901. The minimum Gasteiger partial charge on any atom is -0.342 e. The largest absolute Gasteiger partial charge is 0.342 e. The maximum Gasteiger partial charge on any atom is 0.253 e. The van der Waals surface area contributed by atoms with Gasteiger partial charge in [0.05, 0.1) is 4.90 Å². The molecule has 0 heterocycles. The molecule has 0 aliphatic heterocycles. The van der Waals surface area contributed by atoms with Gasteiger partial charge in [0.15, 0.2) is 0 Å². The molecule has 0 atom stereocenters. The molecule has 0 aliphatic rings. The molecule has 19 heavy (non-hydrogen) atoms. The van der Waals surface area contributed by atoms with Crippen molar-refractivity contribution < 1.29 is 13.2 Å². The lowest BCUT2D eigenvalue weighted by Crippen LogP contribution is -2.28. The summed E-state index contributed by atoms with van der Waals surface area (Å²) in [5, 5.41) is 5.16. The molecule has 0 radical (unpaired) electrons. The lowest BCUT2D eigenvalue weighted by molar-refractivity contribution is 0.0795. The molecule has 0 saturated carbocycles. The average molecular weight is 349 g/mol. The SMILES string of the molecule is CCCN(C)C(=O)c1cc(Br)c(C)c(S(N)(=O)=O)c1. The Morgan fingerprint density at radius 1 is 1.42 bits per heavy atom. The van der Waals surface area contributed by atoms with Gasteiger partial charge < -0.3 is 4.90 Å². The van der Waals surface area contributed by atoms with Gasteiger partial charge in [-0.3, -0.25) is 4.79 Å². The van der Waals surface area contributed by atoms with Crippen LogP contribution in [0.5, 0.6) is 0 Å². The maximum atomic E-state index is 12.1. The Morgan fingerprint density at radius 2 is 2.00 bits per heavy atom. The number of primary sulfonamides is 1. The zero-order chi connectivity index (χ0) is 14.8. The van der Waals surface area contributed by atoms with E-state index >= 15 is 0 Å². The number of sulfonamides is 1. The zero-order valence-electron chi connectivity index (χ0n) is 11.1. The predicted molar refractivity (Wildman–Crippen MR) is 77.5 cm³/mol. The summed E-state index contributed by atoms with van der Waals surface area (Å²) >= 11 is 3.26. The smallest absolute Gasteiger partial charge is 0.253 e. The van der Waals surface area contributed by atoms with E-state index in [9.17, 15) is 13.2 Å². The lowest BCUT2D eigenvalue weighted by Gasteiger charge is -2.17. The number of nitrogens with two attached hydrogens (primary N) is 1. The van der Waals surface area contributed by atoms with Crippen molar-refractivity contribution >= 4 is 31.9 Å². The minimum atomic E-state index is -3.85. The summed E-state index contributed by atoms with van der Waals surface area (Å²) in [6, 6.07) is 2.93. The molecule has 1 amide bonds. The summed E-state index contributed by atoms with van der Waals surface area (Å²) in [6.45, 7) is 4.20. The van der Waals surface area contributed by atoms with Crippen LogP contribution >= 0.6 is 15.9 Å². The molecule has 0 aliphatic carbocycles. The van der Waals surface area contributed by atoms with Crippen LogP contribution in [0.2, 0.25) is 0 Å². The highest BCUT2D eigenvalue weighted by Gasteiger charge is 2.19. The van der Waals surface area contributed by atoms with Gasteiger partial charge in [-0.15, -0.1) is 0 Å². The van der Waals surface area contributed by atoms with Crippen LogP contribution in [0.1, 0.15) is 29.3 Å². The van der Waals surface area contributed by atoms with Crippen molar-refractivity contribution in [2.45, 2.75) is 25.2 Å². The van der Waals surface area contributed by atoms with Crippen LogP contribution < -0.4 is 5.14 Å². The van der Waals surface area contributed by atoms with Crippen molar-refractivity contribution in [1.29, 1.82) is 0 Å². The fourth-order valence-corrected chi connectivity index (χ4v) is 3.15. The van der Waals surface area contributed by atoms with E-state index in [1.54, 1.807) is 24.9 Å². The van der Waals surface area contributed by atoms with Gasteiger partial charge in [0, 0.05) is 23.6 Å². The summed E-state index contributed by atoms with van der Waals surface area (Å²) in [6.07, 6.45) is 0.831. The molecule has 1 rings (SSSR count). The first kappa shape index (κ1) is 16.1. The van der Waals surface area contributed by atoms with Crippen LogP contribution in [0.25, 0.3) is 0 Å². The first-order valence-corrected chi connectivity index (χ1v) is 8.10. The Hall–Kier alpha value is -0.920. The number of hydrogen-bond donors (Lipinski definition) is 1. The van der Waals surface area contributed by atoms with Gasteiger partial charge in [-0.1, -0.05) is 22.9 Å². The van der Waals surface area contributed by atoms with Gasteiger partial charge in [-0.05, 0) is 31.0 Å². The van der Waals surface area contributed by atoms with Crippen LogP contribution in [0.3, 0.4) is 0 Å². The molecule has 106 valence electrons. The number of carbonyl (C=O) groups is 1. The van der Waals surface area contributed by atoms with Crippen LogP contribution in [0, 0.1) is 6.92 Å². The zero-order valence-corrected chi connectivity index (χ0v) is 13.5. The highest BCUT2D eigenvalue weighted by Crippen LogP contribution is 2.25. The highest BCUT2D eigenvalue weighted by molar-refractivity contribution is 9.10. The van der Waals surface area contributed by atoms with Crippen molar-refractivity contribution in [2.75, 3.05) is 13.6 Å². The van der Waals surface area contributed by atoms with E-state index in [4.69, 9.17) is 5.14 Å². The molecule has 0 bridgehead atoms. The summed E-state index contributed by atoms with van der Waals surface area (Å²) < 4.78 is 23.6. The minimum absolute atomic E-state index is 0.0323. The fourth-order valence-electron chi connectivity index (χ4n) is 1.73. The number of amides is 1. The number of carbonyl (C=O) groups excluding carboxylic acids is 1. The van der Waals surface area contributed by atoms with Crippen LogP contribution in [-0.4, -0.2) is 32.8 Å². The van der Waals surface area contributed by atoms with Crippen LogP contribution in [0.4, 0.5) is 0 Å². The molecule has 1 aromatic carbocycles. The van der Waals surface area contributed by atoms with Crippen molar-refractivity contribution in [3.8, 4) is 0 Å². The third-order valence-electron chi connectivity index (χ3n) is 2.76. The highest BCUT2D eigenvalue weighted by atomic mass is 79.9. The molecule has 2 N–H and O–H groups in total. The second-order valence-corrected chi connectivity index (χ2v) is 6.74. The predicted octanol–water partition coefficient (Wildman–Crippen LogP) is 1.89. The van der Waals surface area contributed by atoms with Crippen LogP contribution in [0.15, 0.2) is 21.5 Å². The van der Waals surface area contributed by atoms with Gasteiger partial charge in [-0.25, -0.2) is 13.6 Å². The topological polar surface area (TPSA) is 80.5 Å². The normalized spacial score (nSPS) is 11.4. The molecule has 0 aromatic heterocycles. The van der Waals surface area contributed by atoms with E-state index in [1.807, 2.05) is 6.92 Å².